The minimum Gasteiger partial charge on any atom is -0.435 e. The van der Waals surface area contributed by atoms with Crippen LogP contribution in [0.5, 0.6) is 5.75 Å². The number of nitrogens with zero attached hydrogens (tertiary/aromatic N) is 2. The van der Waals surface area contributed by atoms with Crippen molar-refractivity contribution in [2.75, 3.05) is 5.32 Å². The van der Waals surface area contributed by atoms with Crippen LogP contribution in [0.15, 0.2) is 54.0 Å². The number of thiazole rings is 1. The summed E-state index contributed by atoms with van der Waals surface area (Å²) in [6, 6.07) is 11.0. The number of amides is 1. The van der Waals surface area contributed by atoms with Crippen molar-refractivity contribution in [3.05, 3.63) is 59.6 Å². The molecule has 1 N–H and O–H groups in total. The van der Waals surface area contributed by atoms with E-state index in [-0.39, 0.29) is 11.3 Å². The van der Waals surface area contributed by atoms with Gasteiger partial charge in [0.2, 0.25) is 0 Å². The molecule has 0 aliphatic carbocycles. The molecule has 0 unspecified atom stereocenters. The zero-order valence-corrected chi connectivity index (χ0v) is 13.0. The smallest absolute Gasteiger partial charge is 0.387 e. The summed E-state index contributed by atoms with van der Waals surface area (Å²) in [6.07, 6.45) is 1.65. The first-order valence-corrected chi connectivity index (χ1v) is 7.73. The van der Waals surface area contributed by atoms with Crippen molar-refractivity contribution in [3.63, 3.8) is 0 Å². The molecule has 3 aromatic rings. The van der Waals surface area contributed by atoms with Crippen LogP contribution in [0.2, 0.25) is 0 Å². The molecule has 0 spiro atoms. The van der Waals surface area contributed by atoms with E-state index in [1.54, 1.807) is 17.6 Å². The highest BCUT2D eigenvalue weighted by Gasteiger charge is 2.12. The summed E-state index contributed by atoms with van der Waals surface area (Å²) in [6.45, 7) is -2.94. The molecular weight excluding hydrogens is 336 g/mol. The van der Waals surface area contributed by atoms with E-state index in [1.165, 1.54) is 35.6 Å². The Morgan fingerprint density at radius 1 is 1.17 bits per heavy atom. The summed E-state index contributed by atoms with van der Waals surface area (Å²) >= 11 is 1.25. The lowest BCUT2D eigenvalue weighted by Crippen LogP contribution is -2.12. The summed E-state index contributed by atoms with van der Waals surface area (Å²) in [7, 11) is 0. The van der Waals surface area contributed by atoms with Gasteiger partial charge in [0.15, 0.2) is 5.13 Å². The number of nitrogens with one attached hydrogen (secondary N) is 1. The summed E-state index contributed by atoms with van der Waals surface area (Å²) in [5.41, 5.74) is 1.54. The second-order valence-electron chi connectivity index (χ2n) is 4.61. The SMILES string of the molecule is O=C(Nc1nc(-c2ccccn2)cs1)c1cccc(OC(F)F)c1. The van der Waals surface area contributed by atoms with Crippen LogP contribution < -0.4 is 10.1 Å². The van der Waals surface area contributed by atoms with Crippen molar-refractivity contribution in [2.24, 2.45) is 0 Å². The first kappa shape index (κ1) is 16.0. The Morgan fingerprint density at radius 2 is 2.04 bits per heavy atom. The fourth-order valence-corrected chi connectivity index (χ4v) is 2.65. The van der Waals surface area contributed by atoms with Crippen LogP contribution in [0.4, 0.5) is 13.9 Å². The number of hydrogen-bond donors (Lipinski definition) is 1. The lowest BCUT2D eigenvalue weighted by molar-refractivity contribution is -0.0498. The maximum absolute atomic E-state index is 12.2. The fraction of sp³-hybridized carbons (Fsp3) is 0.0625. The molecule has 0 radical (unpaired) electrons. The number of ether oxygens (including phenoxy) is 1. The predicted molar refractivity (Wildman–Crippen MR) is 86.4 cm³/mol. The van der Waals surface area contributed by atoms with E-state index in [1.807, 2.05) is 12.1 Å². The molecule has 24 heavy (non-hydrogen) atoms. The molecule has 1 amide bonds. The number of benzene rings is 1. The molecule has 1 aromatic carbocycles. The minimum atomic E-state index is -2.94. The van der Waals surface area contributed by atoms with E-state index in [9.17, 15) is 13.6 Å². The largest absolute Gasteiger partial charge is 0.435 e. The van der Waals surface area contributed by atoms with Crippen molar-refractivity contribution in [2.45, 2.75) is 6.61 Å². The summed E-state index contributed by atoms with van der Waals surface area (Å²) in [5.74, 6) is -0.539. The van der Waals surface area contributed by atoms with E-state index < -0.39 is 12.5 Å². The number of pyridine rings is 1. The van der Waals surface area contributed by atoms with E-state index in [2.05, 4.69) is 20.0 Å². The molecule has 2 aromatic heterocycles. The van der Waals surface area contributed by atoms with Crippen molar-refractivity contribution in [1.82, 2.24) is 9.97 Å². The average molecular weight is 347 g/mol. The van der Waals surface area contributed by atoms with Gasteiger partial charge in [-0.3, -0.25) is 15.1 Å². The number of aromatic nitrogens is 2. The maximum Gasteiger partial charge on any atom is 0.387 e. The van der Waals surface area contributed by atoms with E-state index in [4.69, 9.17) is 0 Å². The summed E-state index contributed by atoms with van der Waals surface area (Å²) < 4.78 is 28.7. The Hall–Kier alpha value is -2.87. The molecule has 0 aliphatic heterocycles. The molecule has 0 aliphatic rings. The fourth-order valence-electron chi connectivity index (χ4n) is 1.95. The molecular formula is C16H11F2N3O2S. The first-order valence-electron chi connectivity index (χ1n) is 6.85. The molecule has 0 saturated heterocycles. The Labute approximate surface area is 140 Å². The number of rotatable bonds is 5. The van der Waals surface area contributed by atoms with E-state index in [0.717, 1.165) is 0 Å². The molecule has 122 valence electrons. The number of anilines is 1. The van der Waals surface area contributed by atoms with Gasteiger partial charge in [0.25, 0.3) is 5.91 Å². The normalized spacial score (nSPS) is 10.6. The van der Waals surface area contributed by atoms with Crippen LogP contribution in [0.1, 0.15) is 10.4 Å². The number of hydrogen-bond acceptors (Lipinski definition) is 5. The van der Waals surface area contributed by atoms with Gasteiger partial charge in [-0.2, -0.15) is 8.78 Å². The van der Waals surface area contributed by atoms with Crippen LogP contribution >= 0.6 is 11.3 Å². The van der Waals surface area contributed by atoms with Crippen LogP contribution in [-0.2, 0) is 0 Å². The zero-order chi connectivity index (χ0) is 16.9. The first-order chi connectivity index (χ1) is 11.6. The monoisotopic (exact) mass is 347 g/mol. The summed E-state index contributed by atoms with van der Waals surface area (Å²) in [5, 5.41) is 4.79. The van der Waals surface area contributed by atoms with Crippen LogP contribution in [0.25, 0.3) is 11.4 Å². The van der Waals surface area contributed by atoms with E-state index >= 15 is 0 Å². The topological polar surface area (TPSA) is 64.1 Å². The molecule has 5 nitrogen and oxygen atoms in total. The number of alkyl halides is 2. The highest BCUT2D eigenvalue weighted by molar-refractivity contribution is 7.14. The lowest BCUT2D eigenvalue weighted by atomic mass is 10.2. The van der Waals surface area contributed by atoms with Gasteiger partial charge < -0.3 is 4.74 Å². The highest BCUT2D eigenvalue weighted by Crippen LogP contribution is 2.24. The second kappa shape index (κ2) is 7.14. The summed E-state index contributed by atoms with van der Waals surface area (Å²) in [4.78, 5) is 20.7. The Balaban J connectivity index is 1.72. The van der Waals surface area contributed by atoms with Crippen LogP contribution in [0, 0.1) is 0 Å². The third-order valence-corrected chi connectivity index (χ3v) is 3.73. The van der Waals surface area contributed by atoms with Crippen molar-refractivity contribution in [1.29, 1.82) is 0 Å². The average Bonchev–Trinajstić information content (AvgIpc) is 3.04. The van der Waals surface area contributed by atoms with Crippen molar-refractivity contribution >= 4 is 22.4 Å². The Kier molecular flexibility index (Phi) is 4.76. The van der Waals surface area contributed by atoms with Gasteiger partial charge in [0.05, 0.1) is 5.69 Å². The molecule has 2 heterocycles. The molecule has 0 bridgehead atoms. The van der Waals surface area contributed by atoms with Crippen LogP contribution in [0.3, 0.4) is 0 Å². The Morgan fingerprint density at radius 3 is 2.79 bits per heavy atom. The molecule has 3 rings (SSSR count). The lowest BCUT2D eigenvalue weighted by Gasteiger charge is -2.06. The van der Waals surface area contributed by atoms with Gasteiger partial charge >= 0.3 is 6.61 Å². The zero-order valence-electron chi connectivity index (χ0n) is 12.1. The van der Waals surface area contributed by atoms with Gasteiger partial charge in [-0.25, -0.2) is 4.98 Å². The maximum atomic E-state index is 12.2. The van der Waals surface area contributed by atoms with Crippen LogP contribution in [-0.4, -0.2) is 22.5 Å². The third-order valence-electron chi connectivity index (χ3n) is 2.97. The van der Waals surface area contributed by atoms with Gasteiger partial charge in [0.1, 0.15) is 11.4 Å². The number of carbonyl (C=O) groups excluding carboxylic acids is 1. The van der Waals surface area contributed by atoms with Gasteiger partial charge in [-0.1, -0.05) is 12.1 Å². The third kappa shape index (κ3) is 3.90. The quantitative estimate of drug-likeness (QED) is 0.756. The van der Waals surface area contributed by atoms with E-state index in [0.29, 0.717) is 16.5 Å². The van der Waals surface area contributed by atoms with Gasteiger partial charge in [-0.15, -0.1) is 11.3 Å². The van der Waals surface area contributed by atoms with Gasteiger partial charge in [-0.05, 0) is 30.3 Å². The number of carbonyl (C=O) groups is 1. The standard InChI is InChI=1S/C16H11F2N3O2S/c17-15(18)23-11-5-3-4-10(8-11)14(22)21-16-20-13(9-24-16)12-6-1-2-7-19-12/h1-9,15H,(H,20,21,22). The van der Waals surface area contributed by atoms with Crippen molar-refractivity contribution in [3.8, 4) is 17.1 Å². The number of halogens is 2. The molecule has 0 fully saturated rings. The minimum absolute atomic E-state index is 0.0778. The molecule has 0 saturated carbocycles. The Bertz CT molecular complexity index is 840. The van der Waals surface area contributed by atoms with Gasteiger partial charge in [0, 0.05) is 17.1 Å². The predicted octanol–water partition coefficient (Wildman–Crippen LogP) is 4.06. The van der Waals surface area contributed by atoms with Crippen molar-refractivity contribution < 1.29 is 18.3 Å². The second-order valence-corrected chi connectivity index (χ2v) is 5.47. The highest BCUT2D eigenvalue weighted by atomic mass is 32.1. The molecule has 0 atom stereocenters. The molecule has 8 heteroatoms.